The van der Waals surface area contributed by atoms with Crippen LogP contribution in [0.25, 0.3) is 0 Å². The van der Waals surface area contributed by atoms with E-state index in [0.717, 1.165) is 6.42 Å². The van der Waals surface area contributed by atoms with Gasteiger partial charge in [-0.25, -0.2) is 0 Å². The third-order valence-corrected chi connectivity index (χ3v) is 2.92. The zero-order valence-electron chi connectivity index (χ0n) is 9.10. The van der Waals surface area contributed by atoms with Gasteiger partial charge in [0.15, 0.2) is 5.79 Å². The molecule has 0 bridgehead atoms. The Bertz CT molecular complexity index is 385. The molecule has 0 spiro atoms. The summed E-state index contributed by atoms with van der Waals surface area (Å²) < 4.78 is 5.30. The summed E-state index contributed by atoms with van der Waals surface area (Å²) in [5.41, 5.74) is 1.25. The van der Waals surface area contributed by atoms with Crippen molar-refractivity contribution in [2.75, 3.05) is 6.61 Å². The van der Waals surface area contributed by atoms with E-state index in [4.69, 9.17) is 10.00 Å². The van der Waals surface area contributed by atoms with Crippen molar-refractivity contribution >= 4 is 0 Å². The van der Waals surface area contributed by atoms with Crippen LogP contribution in [0.1, 0.15) is 18.4 Å². The maximum atomic E-state index is 9.89. The highest BCUT2D eigenvalue weighted by atomic mass is 16.6. The number of rotatable bonds is 3. The number of benzene rings is 1. The Morgan fingerprint density at radius 3 is 2.88 bits per heavy atom. The molecule has 0 unspecified atom stereocenters. The van der Waals surface area contributed by atoms with E-state index >= 15 is 0 Å². The molecule has 0 radical (unpaired) electrons. The van der Waals surface area contributed by atoms with Gasteiger partial charge in [0, 0.05) is 6.42 Å². The van der Waals surface area contributed by atoms with Crippen molar-refractivity contribution < 1.29 is 9.84 Å². The lowest BCUT2D eigenvalue weighted by Gasteiger charge is -2.17. The van der Waals surface area contributed by atoms with Gasteiger partial charge in [0.25, 0.3) is 0 Å². The lowest BCUT2D eigenvalue weighted by atomic mass is 9.94. The van der Waals surface area contributed by atoms with Crippen molar-refractivity contribution in [3.63, 3.8) is 0 Å². The molecule has 1 aromatic carbocycles. The third-order valence-electron chi connectivity index (χ3n) is 2.92. The van der Waals surface area contributed by atoms with Gasteiger partial charge < -0.3 is 9.84 Å². The van der Waals surface area contributed by atoms with Gasteiger partial charge in [0.2, 0.25) is 0 Å². The molecule has 0 saturated carbocycles. The molecule has 0 aliphatic carbocycles. The zero-order chi connectivity index (χ0) is 11.4. The first kappa shape index (κ1) is 11.1. The predicted molar refractivity (Wildman–Crippen MR) is 59.4 cm³/mol. The van der Waals surface area contributed by atoms with Crippen LogP contribution >= 0.6 is 0 Å². The largest absolute Gasteiger partial charge is 0.365 e. The van der Waals surface area contributed by atoms with E-state index in [0.29, 0.717) is 18.9 Å². The zero-order valence-corrected chi connectivity index (χ0v) is 9.10. The maximum absolute atomic E-state index is 9.89. The molecule has 3 heteroatoms. The lowest BCUT2D eigenvalue weighted by Crippen LogP contribution is -2.26. The van der Waals surface area contributed by atoms with Crippen LogP contribution in [0.3, 0.4) is 0 Å². The highest BCUT2D eigenvalue weighted by Crippen LogP contribution is 2.32. The summed E-state index contributed by atoms with van der Waals surface area (Å²) in [6.07, 6.45) is 1.50. The Kier molecular flexibility index (Phi) is 3.23. The van der Waals surface area contributed by atoms with E-state index in [-0.39, 0.29) is 6.42 Å². The molecular weight excluding hydrogens is 202 g/mol. The second-order valence-corrected chi connectivity index (χ2v) is 4.35. The van der Waals surface area contributed by atoms with Gasteiger partial charge >= 0.3 is 0 Å². The molecule has 1 aliphatic heterocycles. The minimum Gasteiger partial charge on any atom is -0.365 e. The molecule has 1 fully saturated rings. The molecule has 1 saturated heterocycles. The number of nitrogens with zero attached hydrogens (tertiary/aromatic N) is 1. The minimum absolute atomic E-state index is 0.0539. The molecule has 0 amide bonds. The molecule has 1 heterocycles. The van der Waals surface area contributed by atoms with Crippen LogP contribution in [0.2, 0.25) is 0 Å². The average molecular weight is 217 g/mol. The van der Waals surface area contributed by atoms with Gasteiger partial charge in [0.05, 0.1) is 19.1 Å². The first-order valence-electron chi connectivity index (χ1n) is 5.49. The summed E-state index contributed by atoms with van der Waals surface area (Å²) >= 11 is 0. The van der Waals surface area contributed by atoms with Crippen molar-refractivity contribution in [2.45, 2.75) is 25.0 Å². The molecule has 3 nitrogen and oxygen atoms in total. The third kappa shape index (κ3) is 2.60. The fourth-order valence-corrected chi connectivity index (χ4v) is 2.17. The Morgan fingerprint density at radius 2 is 2.19 bits per heavy atom. The number of ether oxygens (including phenoxy) is 1. The van der Waals surface area contributed by atoms with Crippen LogP contribution in [0.5, 0.6) is 0 Å². The summed E-state index contributed by atoms with van der Waals surface area (Å²) in [4.78, 5) is 0. The molecule has 1 N–H and O–H groups in total. The van der Waals surface area contributed by atoms with Crippen molar-refractivity contribution in [3.8, 4) is 6.07 Å². The summed E-state index contributed by atoms with van der Waals surface area (Å²) in [5.74, 6) is -0.908. The van der Waals surface area contributed by atoms with Crippen LogP contribution < -0.4 is 0 Å². The highest BCUT2D eigenvalue weighted by Gasteiger charge is 2.38. The monoisotopic (exact) mass is 217 g/mol. The lowest BCUT2D eigenvalue weighted by molar-refractivity contribution is -0.166. The first-order chi connectivity index (χ1) is 7.72. The number of hydrogen-bond acceptors (Lipinski definition) is 3. The maximum Gasteiger partial charge on any atom is 0.178 e. The van der Waals surface area contributed by atoms with Gasteiger partial charge in [-0.1, -0.05) is 30.3 Å². The highest BCUT2D eigenvalue weighted by molar-refractivity contribution is 5.15. The Morgan fingerprint density at radius 1 is 1.44 bits per heavy atom. The quantitative estimate of drug-likeness (QED) is 0.840. The van der Waals surface area contributed by atoms with Gasteiger partial charge in [-0.3, -0.25) is 0 Å². The summed E-state index contributed by atoms with van der Waals surface area (Å²) in [6.45, 7) is 0.535. The molecule has 1 aromatic rings. The second kappa shape index (κ2) is 4.65. The van der Waals surface area contributed by atoms with Gasteiger partial charge in [-0.15, -0.1) is 0 Å². The van der Waals surface area contributed by atoms with Crippen LogP contribution in [-0.4, -0.2) is 17.5 Å². The van der Waals surface area contributed by atoms with Crippen molar-refractivity contribution in [2.24, 2.45) is 5.92 Å². The van der Waals surface area contributed by atoms with Gasteiger partial charge in [-0.05, 0) is 17.9 Å². The van der Waals surface area contributed by atoms with E-state index in [1.165, 1.54) is 5.56 Å². The molecular formula is C13H15NO2. The van der Waals surface area contributed by atoms with E-state index in [1.807, 2.05) is 24.3 Å². The molecule has 84 valence electrons. The average Bonchev–Trinajstić information content (AvgIpc) is 2.62. The van der Waals surface area contributed by atoms with Crippen LogP contribution in [0, 0.1) is 17.2 Å². The topological polar surface area (TPSA) is 53.2 Å². The summed E-state index contributed by atoms with van der Waals surface area (Å²) in [6, 6.07) is 12.1. The SMILES string of the molecule is N#CC[C@@]1(O)C[C@@H](Cc2ccccc2)CO1. The number of aliphatic hydroxyl groups is 1. The Hall–Kier alpha value is -1.37. The molecule has 0 aromatic heterocycles. The number of hydrogen-bond donors (Lipinski definition) is 1. The van der Waals surface area contributed by atoms with E-state index in [2.05, 4.69) is 12.1 Å². The first-order valence-corrected chi connectivity index (χ1v) is 5.49. The minimum atomic E-state index is -1.21. The van der Waals surface area contributed by atoms with E-state index in [1.54, 1.807) is 0 Å². The van der Waals surface area contributed by atoms with Gasteiger partial charge in [0.1, 0.15) is 0 Å². The van der Waals surface area contributed by atoms with E-state index in [9.17, 15) is 5.11 Å². The van der Waals surface area contributed by atoms with Crippen molar-refractivity contribution in [1.82, 2.24) is 0 Å². The molecule has 1 aliphatic rings. The van der Waals surface area contributed by atoms with Crippen LogP contribution in [-0.2, 0) is 11.2 Å². The van der Waals surface area contributed by atoms with E-state index < -0.39 is 5.79 Å². The fourth-order valence-electron chi connectivity index (χ4n) is 2.17. The Labute approximate surface area is 95.3 Å². The number of nitriles is 1. The van der Waals surface area contributed by atoms with Crippen LogP contribution in [0.4, 0.5) is 0 Å². The second-order valence-electron chi connectivity index (χ2n) is 4.35. The molecule has 2 atom stereocenters. The normalized spacial score (nSPS) is 28.9. The smallest absolute Gasteiger partial charge is 0.178 e. The van der Waals surface area contributed by atoms with Gasteiger partial charge in [-0.2, -0.15) is 5.26 Å². The summed E-state index contributed by atoms with van der Waals surface area (Å²) in [5, 5.41) is 18.5. The Balaban J connectivity index is 1.93. The van der Waals surface area contributed by atoms with Crippen molar-refractivity contribution in [3.05, 3.63) is 35.9 Å². The standard InChI is InChI=1S/C13H15NO2/c14-7-6-13(15)9-12(10-16-13)8-11-4-2-1-3-5-11/h1-5,12,15H,6,8-10H2/t12-,13+/m1/s1. The molecule has 16 heavy (non-hydrogen) atoms. The van der Waals surface area contributed by atoms with Crippen LogP contribution in [0.15, 0.2) is 30.3 Å². The predicted octanol–water partition coefficient (Wildman–Crippen LogP) is 1.87. The fraction of sp³-hybridized carbons (Fsp3) is 0.462. The molecule has 2 rings (SSSR count). The van der Waals surface area contributed by atoms with Crippen molar-refractivity contribution in [1.29, 1.82) is 5.26 Å². The summed E-state index contributed by atoms with van der Waals surface area (Å²) in [7, 11) is 0.